The van der Waals surface area contributed by atoms with Gasteiger partial charge in [0.2, 0.25) is 0 Å². The molecular weight excluding hydrogens is 300 g/mol. The average molecular weight is 324 g/mol. The molecule has 0 radical (unpaired) electrons. The van der Waals surface area contributed by atoms with Crippen LogP contribution >= 0.6 is 0 Å². The summed E-state index contributed by atoms with van der Waals surface area (Å²) in [5, 5.41) is 9.85. The molecule has 1 heterocycles. The maximum atomic E-state index is 9.85. The van der Waals surface area contributed by atoms with E-state index in [-0.39, 0.29) is 11.8 Å². The van der Waals surface area contributed by atoms with Gasteiger partial charge in [-0.05, 0) is 55.8 Å². The van der Waals surface area contributed by atoms with Crippen molar-refractivity contribution in [3.63, 3.8) is 0 Å². The highest BCUT2D eigenvalue weighted by molar-refractivity contribution is 5.83. The summed E-state index contributed by atoms with van der Waals surface area (Å²) in [6.45, 7) is 2.88. The molecule has 0 saturated carbocycles. The summed E-state index contributed by atoms with van der Waals surface area (Å²) in [5.74, 6) is 1.14. The molecule has 3 rings (SSSR count). The Morgan fingerprint density at radius 3 is 2.71 bits per heavy atom. The fraction of sp³-hybridized carbons (Fsp3) is 0.350. The van der Waals surface area contributed by atoms with Gasteiger partial charge < -0.3 is 9.84 Å². The van der Waals surface area contributed by atoms with E-state index < -0.39 is 0 Å². The Hall–Kier alpha value is -2.33. The van der Waals surface area contributed by atoms with Crippen molar-refractivity contribution in [3.8, 4) is 11.5 Å². The van der Waals surface area contributed by atoms with Gasteiger partial charge in [0.05, 0.1) is 19.7 Å². The third-order valence-electron chi connectivity index (χ3n) is 4.51. The maximum absolute atomic E-state index is 9.85. The first kappa shape index (κ1) is 16.5. The van der Waals surface area contributed by atoms with Gasteiger partial charge in [0.15, 0.2) is 0 Å². The molecule has 1 N–H and O–H groups in total. The Morgan fingerprint density at radius 2 is 1.96 bits per heavy atom. The summed E-state index contributed by atoms with van der Waals surface area (Å²) >= 11 is 0. The number of aromatic hydroxyl groups is 1. The van der Waals surface area contributed by atoms with Gasteiger partial charge in [0, 0.05) is 11.8 Å². The van der Waals surface area contributed by atoms with Crippen molar-refractivity contribution in [2.45, 2.75) is 18.9 Å². The van der Waals surface area contributed by atoms with E-state index in [0.717, 1.165) is 24.4 Å². The number of ether oxygens (including phenoxy) is 1. The van der Waals surface area contributed by atoms with E-state index in [1.54, 1.807) is 19.4 Å². The molecule has 2 aromatic carbocycles. The molecule has 0 aliphatic carbocycles. The lowest BCUT2D eigenvalue weighted by atomic mass is 10.1. The van der Waals surface area contributed by atoms with E-state index in [1.807, 2.05) is 30.3 Å². The molecule has 0 amide bonds. The van der Waals surface area contributed by atoms with Crippen molar-refractivity contribution in [2.24, 2.45) is 4.99 Å². The van der Waals surface area contributed by atoms with Crippen LogP contribution in [-0.4, -0.2) is 43.0 Å². The van der Waals surface area contributed by atoms with Gasteiger partial charge in [-0.1, -0.05) is 24.3 Å². The zero-order chi connectivity index (χ0) is 16.8. The third-order valence-corrected chi connectivity index (χ3v) is 4.51. The zero-order valence-corrected chi connectivity index (χ0v) is 14.1. The number of likely N-dealkylation sites (tertiary alicyclic amines) is 1. The Balaban J connectivity index is 1.78. The number of hydrogen-bond acceptors (Lipinski definition) is 4. The lowest BCUT2D eigenvalue weighted by Crippen LogP contribution is -2.27. The predicted molar refractivity (Wildman–Crippen MR) is 97.1 cm³/mol. The SMILES string of the molecule is COc1cccc([C@@H](CN=Cc2ccccc2O)N2CCCC2)c1. The van der Waals surface area contributed by atoms with Gasteiger partial charge in [-0.15, -0.1) is 0 Å². The van der Waals surface area contributed by atoms with Gasteiger partial charge in [-0.3, -0.25) is 9.89 Å². The molecule has 4 nitrogen and oxygen atoms in total. The average Bonchev–Trinajstić information content (AvgIpc) is 3.14. The third kappa shape index (κ3) is 3.95. The normalized spacial score (nSPS) is 16.5. The first-order valence-electron chi connectivity index (χ1n) is 8.44. The number of para-hydroxylation sites is 1. The van der Waals surface area contributed by atoms with Crippen LogP contribution in [-0.2, 0) is 0 Å². The number of hydrogen-bond donors (Lipinski definition) is 1. The molecule has 1 aliphatic heterocycles. The smallest absolute Gasteiger partial charge is 0.124 e. The number of rotatable bonds is 6. The molecule has 126 valence electrons. The van der Waals surface area contributed by atoms with Crippen molar-refractivity contribution in [3.05, 3.63) is 59.7 Å². The van der Waals surface area contributed by atoms with Crippen LogP contribution in [0.5, 0.6) is 11.5 Å². The summed E-state index contributed by atoms with van der Waals surface area (Å²) in [6.07, 6.45) is 4.24. The number of nitrogens with zero attached hydrogens (tertiary/aromatic N) is 2. The molecule has 1 atom stereocenters. The lowest BCUT2D eigenvalue weighted by Gasteiger charge is -2.26. The van der Waals surface area contributed by atoms with Crippen LogP contribution in [0.25, 0.3) is 0 Å². The number of phenolic OH excluding ortho intramolecular Hbond substituents is 1. The molecule has 1 aliphatic rings. The molecular formula is C20H24N2O2. The van der Waals surface area contributed by atoms with Crippen molar-refractivity contribution >= 4 is 6.21 Å². The lowest BCUT2D eigenvalue weighted by molar-refractivity contribution is 0.251. The van der Waals surface area contributed by atoms with Crippen molar-refractivity contribution in [1.82, 2.24) is 4.90 Å². The Bertz CT molecular complexity index is 694. The Labute approximate surface area is 143 Å². The van der Waals surface area contributed by atoms with E-state index in [1.165, 1.54) is 18.4 Å². The molecule has 1 fully saturated rings. The standard InChI is InChI=1S/C20H24N2O2/c1-24-18-9-6-8-16(13-18)19(22-11-4-5-12-22)15-21-14-17-7-2-3-10-20(17)23/h2-3,6-10,13-14,19,23H,4-5,11-12,15H2,1H3/t19-/m1/s1. The molecule has 2 aromatic rings. The molecule has 0 aromatic heterocycles. The van der Waals surface area contributed by atoms with Crippen LogP contribution in [0.2, 0.25) is 0 Å². The summed E-state index contributed by atoms with van der Waals surface area (Å²) < 4.78 is 5.37. The first-order valence-corrected chi connectivity index (χ1v) is 8.44. The van der Waals surface area contributed by atoms with E-state index in [2.05, 4.69) is 22.0 Å². The summed E-state index contributed by atoms with van der Waals surface area (Å²) in [4.78, 5) is 7.09. The summed E-state index contributed by atoms with van der Waals surface area (Å²) in [7, 11) is 1.69. The molecule has 0 unspecified atom stereocenters. The summed E-state index contributed by atoms with van der Waals surface area (Å²) in [5.41, 5.74) is 1.98. The minimum Gasteiger partial charge on any atom is -0.507 e. The van der Waals surface area contributed by atoms with Gasteiger partial charge in [-0.2, -0.15) is 0 Å². The van der Waals surface area contributed by atoms with Crippen LogP contribution in [0.4, 0.5) is 0 Å². The van der Waals surface area contributed by atoms with Gasteiger partial charge in [0.1, 0.15) is 11.5 Å². The second-order valence-corrected chi connectivity index (χ2v) is 6.09. The minimum atomic E-state index is 0.240. The van der Waals surface area contributed by atoms with Crippen LogP contribution in [0.1, 0.15) is 30.0 Å². The second-order valence-electron chi connectivity index (χ2n) is 6.09. The van der Waals surface area contributed by atoms with Crippen molar-refractivity contribution in [2.75, 3.05) is 26.7 Å². The second kappa shape index (κ2) is 7.97. The maximum Gasteiger partial charge on any atom is 0.124 e. The fourth-order valence-corrected chi connectivity index (χ4v) is 3.18. The van der Waals surface area contributed by atoms with Gasteiger partial charge in [-0.25, -0.2) is 0 Å². The highest BCUT2D eigenvalue weighted by Crippen LogP contribution is 2.28. The summed E-state index contributed by atoms with van der Waals surface area (Å²) in [6, 6.07) is 15.7. The zero-order valence-electron chi connectivity index (χ0n) is 14.1. The molecule has 0 spiro atoms. The van der Waals surface area contributed by atoms with E-state index >= 15 is 0 Å². The van der Waals surface area contributed by atoms with Crippen LogP contribution in [0.3, 0.4) is 0 Å². The van der Waals surface area contributed by atoms with Crippen molar-refractivity contribution in [1.29, 1.82) is 0 Å². The molecule has 24 heavy (non-hydrogen) atoms. The Morgan fingerprint density at radius 1 is 1.17 bits per heavy atom. The molecule has 0 bridgehead atoms. The van der Waals surface area contributed by atoms with Gasteiger partial charge >= 0.3 is 0 Å². The highest BCUT2D eigenvalue weighted by atomic mass is 16.5. The van der Waals surface area contributed by atoms with Crippen LogP contribution < -0.4 is 4.74 Å². The number of benzene rings is 2. The minimum absolute atomic E-state index is 0.240. The van der Waals surface area contributed by atoms with E-state index in [4.69, 9.17) is 4.74 Å². The van der Waals surface area contributed by atoms with Crippen LogP contribution in [0, 0.1) is 0 Å². The predicted octanol–water partition coefficient (Wildman–Crippen LogP) is 3.66. The molecule has 1 saturated heterocycles. The number of methoxy groups -OCH3 is 1. The van der Waals surface area contributed by atoms with E-state index in [9.17, 15) is 5.11 Å². The largest absolute Gasteiger partial charge is 0.507 e. The fourth-order valence-electron chi connectivity index (χ4n) is 3.18. The topological polar surface area (TPSA) is 45.1 Å². The van der Waals surface area contributed by atoms with E-state index in [0.29, 0.717) is 6.54 Å². The quantitative estimate of drug-likeness (QED) is 0.825. The molecule has 4 heteroatoms. The van der Waals surface area contributed by atoms with Gasteiger partial charge in [0.25, 0.3) is 0 Å². The number of phenols is 1. The number of aliphatic imine (C=N–C) groups is 1. The first-order chi connectivity index (χ1) is 11.8. The monoisotopic (exact) mass is 324 g/mol. The highest BCUT2D eigenvalue weighted by Gasteiger charge is 2.23. The van der Waals surface area contributed by atoms with Crippen molar-refractivity contribution < 1.29 is 9.84 Å². The Kier molecular flexibility index (Phi) is 5.49. The van der Waals surface area contributed by atoms with Crippen LogP contribution in [0.15, 0.2) is 53.5 Å².